The lowest BCUT2D eigenvalue weighted by Gasteiger charge is -2.33. The lowest BCUT2D eigenvalue weighted by molar-refractivity contribution is 0.0974. The maximum absolute atomic E-state index is 10.7. The zero-order chi connectivity index (χ0) is 17.8. The number of β-amino-alcohol motifs (C(OH)–C–C–N with tert-alkyl or cyclic N) is 1. The predicted octanol–water partition coefficient (Wildman–Crippen LogP) is 5.04. The van der Waals surface area contributed by atoms with Crippen molar-refractivity contribution < 1.29 is 5.11 Å². The van der Waals surface area contributed by atoms with E-state index in [1.54, 1.807) is 0 Å². The Morgan fingerprint density at radius 2 is 1.52 bits per heavy atom. The molecule has 1 fully saturated rings. The topological polar surface area (TPSA) is 23.5 Å². The van der Waals surface area contributed by atoms with Crippen LogP contribution in [0.5, 0.6) is 0 Å². The van der Waals surface area contributed by atoms with Crippen LogP contribution in [0.2, 0.25) is 0 Å². The Balaban J connectivity index is 0.00000210. The number of aliphatic hydroxyl groups excluding tert-OH is 1. The summed E-state index contributed by atoms with van der Waals surface area (Å²) in [6.45, 7) is 2.92. The van der Waals surface area contributed by atoms with Crippen molar-refractivity contribution in [3.63, 3.8) is 0 Å². The summed E-state index contributed by atoms with van der Waals surface area (Å²) in [5.41, 5.74) is 2.71. The van der Waals surface area contributed by atoms with Gasteiger partial charge in [0.2, 0.25) is 0 Å². The Morgan fingerprint density at radius 1 is 0.852 bits per heavy atom. The molecule has 1 N–H and O–H groups in total. The maximum Gasteiger partial charge on any atom is 0.0707 e. The van der Waals surface area contributed by atoms with Crippen LogP contribution in [-0.4, -0.2) is 35.7 Å². The highest BCUT2D eigenvalue weighted by Crippen LogP contribution is 2.28. The van der Waals surface area contributed by atoms with Crippen molar-refractivity contribution in [3.8, 4) is 0 Å². The SMILES string of the molecule is Cl.OC(Cc1cccc2ccccc12)CN1CCC(c2ccccc2)CC1. The minimum Gasteiger partial charge on any atom is -0.391 e. The van der Waals surface area contributed by atoms with Crippen molar-refractivity contribution in [2.75, 3.05) is 19.6 Å². The van der Waals surface area contributed by atoms with E-state index < -0.39 is 0 Å². The van der Waals surface area contributed by atoms with Gasteiger partial charge in [0.15, 0.2) is 0 Å². The van der Waals surface area contributed by atoms with Crippen LogP contribution < -0.4 is 0 Å². The van der Waals surface area contributed by atoms with Gasteiger partial charge < -0.3 is 10.0 Å². The normalized spacial score (nSPS) is 16.8. The van der Waals surface area contributed by atoms with Crippen molar-refractivity contribution in [2.45, 2.75) is 31.3 Å². The van der Waals surface area contributed by atoms with Gasteiger partial charge in [0.05, 0.1) is 6.10 Å². The second-order valence-electron chi connectivity index (χ2n) is 7.48. The molecular weight excluding hydrogens is 354 g/mol. The van der Waals surface area contributed by atoms with Crippen LogP contribution in [0.1, 0.15) is 29.9 Å². The Bertz CT molecular complexity index is 838. The molecule has 142 valence electrons. The molecule has 0 radical (unpaired) electrons. The smallest absolute Gasteiger partial charge is 0.0707 e. The van der Waals surface area contributed by atoms with Gasteiger partial charge in [-0.05, 0) is 53.7 Å². The standard InChI is InChI=1S/C24H27NO.ClH/c26-23(17-22-11-6-10-21-9-4-5-12-24(21)22)18-25-15-13-20(14-16-25)19-7-2-1-3-8-19;/h1-12,20,23,26H,13-18H2;1H. The van der Waals surface area contributed by atoms with E-state index in [2.05, 4.69) is 77.7 Å². The van der Waals surface area contributed by atoms with E-state index >= 15 is 0 Å². The van der Waals surface area contributed by atoms with Gasteiger partial charge in [-0.1, -0.05) is 72.8 Å². The van der Waals surface area contributed by atoms with E-state index in [9.17, 15) is 5.11 Å². The van der Waals surface area contributed by atoms with E-state index in [-0.39, 0.29) is 18.5 Å². The van der Waals surface area contributed by atoms with Crippen molar-refractivity contribution >= 4 is 23.2 Å². The first-order chi connectivity index (χ1) is 12.8. The summed E-state index contributed by atoms with van der Waals surface area (Å²) in [7, 11) is 0. The van der Waals surface area contributed by atoms with Crippen LogP contribution in [0.25, 0.3) is 10.8 Å². The van der Waals surface area contributed by atoms with Crippen LogP contribution in [0, 0.1) is 0 Å². The summed E-state index contributed by atoms with van der Waals surface area (Å²) in [6.07, 6.45) is 2.78. The number of hydrogen-bond donors (Lipinski definition) is 1. The molecule has 0 bridgehead atoms. The molecule has 4 rings (SSSR count). The van der Waals surface area contributed by atoms with E-state index in [0.29, 0.717) is 5.92 Å². The molecule has 1 heterocycles. The zero-order valence-electron chi connectivity index (χ0n) is 15.6. The number of fused-ring (bicyclic) bond motifs is 1. The van der Waals surface area contributed by atoms with Crippen LogP contribution in [-0.2, 0) is 6.42 Å². The molecule has 3 aromatic carbocycles. The second-order valence-corrected chi connectivity index (χ2v) is 7.48. The van der Waals surface area contributed by atoms with Crippen LogP contribution in [0.15, 0.2) is 72.8 Å². The number of likely N-dealkylation sites (tertiary alicyclic amines) is 1. The first-order valence-corrected chi connectivity index (χ1v) is 9.71. The molecule has 1 atom stereocenters. The predicted molar refractivity (Wildman–Crippen MR) is 116 cm³/mol. The fourth-order valence-electron chi connectivity index (χ4n) is 4.26. The Labute approximate surface area is 168 Å². The molecule has 1 aliphatic rings. The average molecular weight is 382 g/mol. The molecule has 1 saturated heterocycles. The molecule has 0 aliphatic carbocycles. The van der Waals surface area contributed by atoms with Gasteiger partial charge in [-0.2, -0.15) is 0 Å². The number of benzene rings is 3. The molecular formula is C24H28ClNO. The van der Waals surface area contributed by atoms with Gasteiger partial charge in [0, 0.05) is 13.0 Å². The van der Waals surface area contributed by atoms with Crippen LogP contribution >= 0.6 is 12.4 Å². The van der Waals surface area contributed by atoms with Gasteiger partial charge in [-0.3, -0.25) is 0 Å². The largest absolute Gasteiger partial charge is 0.391 e. The summed E-state index contributed by atoms with van der Waals surface area (Å²) in [4.78, 5) is 2.43. The fraction of sp³-hybridized carbons (Fsp3) is 0.333. The minimum absolute atomic E-state index is 0. The summed E-state index contributed by atoms with van der Waals surface area (Å²) in [5.74, 6) is 0.669. The summed E-state index contributed by atoms with van der Waals surface area (Å²) < 4.78 is 0. The first-order valence-electron chi connectivity index (χ1n) is 9.71. The van der Waals surface area contributed by atoms with Crippen LogP contribution in [0.3, 0.4) is 0 Å². The van der Waals surface area contributed by atoms with Gasteiger partial charge in [-0.25, -0.2) is 0 Å². The number of rotatable bonds is 5. The van der Waals surface area contributed by atoms with E-state index in [0.717, 1.165) is 26.1 Å². The lowest BCUT2D eigenvalue weighted by atomic mass is 9.89. The average Bonchev–Trinajstić information content (AvgIpc) is 2.69. The highest BCUT2D eigenvalue weighted by Gasteiger charge is 2.22. The summed E-state index contributed by atoms with van der Waals surface area (Å²) in [5, 5.41) is 13.2. The molecule has 0 spiro atoms. The van der Waals surface area contributed by atoms with Gasteiger partial charge >= 0.3 is 0 Å². The Kier molecular flexibility index (Phi) is 6.89. The monoisotopic (exact) mass is 381 g/mol. The molecule has 1 unspecified atom stereocenters. The number of piperidine rings is 1. The quantitative estimate of drug-likeness (QED) is 0.668. The Morgan fingerprint density at radius 3 is 2.30 bits per heavy atom. The third kappa shape index (κ3) is 4.90. The highest BCUT2D eigenvalue weighted by molar-refractivity contribution is 5.86. The number of nitrogens with zero attached hydrogens (tertiary/aromatic N) is 1. The van der Waals surface area contributed by atoms with Crippen molar-refractivity contribution in [1.29, 1.82) is 0 Å². The minimum atomic E-state index is -0.311. The number of aliphatic hydroxyl groups is 1. The van der Waals surface area contributed by atoms with Crippen LogP contribution in [0.4, 0.5) is 0 Å². The molecule has 0 aromatic heterocycles. The van der Waals surface area contributed by atoms with E-state index in [4.69, 9.17) is 0 Å². The number of hydrogen-bond acceptors (Lipinski definition) is 2. The first kappa shape index (κ1) is 19.9. The highest BCUT2D eigenvalue weighted by atomic mass is 35.5. The summed E-state index contributed by atoms with van der Waals surface area (Å²) in [6, 6.07) is 25.7. The second kappa shape index (κ2) is 9.36. The molecule has 2 nitrogen and oxygen atoms in total. The van der Waals surface area contributed by atoms with E-state index in [1.807, 2.05) is 0 Å². The van der Waals surface area contributed by atoms with Gasteiger partial charge in [-0.15, -0.1) is 12.4 Å². The maximum atomic E-state index is 10.7. The third-order valence-corrected chi connectivity index (χ3v) is 5.66. The molecule has 1 aliphatic heterocycles. The summed E-state index contributed by atoms with van der Waals surface area (Å²) >= 11 is 0. The zero-order valence-corrected chi connectivity index (χ0v) is 16.4. The van der Waals surface area contributed by atoms with Crippen molar-refractivity contribution in [3.05, 3.63) is 83.9 Å². The Hall–Kier alpha value is -1.87. The van der Waals surface area contributed by atoms with Gasteiger partial charge in [0.1, 0.15) is 0 Å². The van der Waals surface area contributed by atoms with Crippen molar-refractivity contribution in [2.24, 2.45) is 0 Å². The molecule has 0 saturated carbocycles. The number of halogens is 1. The third-order valence-electron chi connectivity index (χ3n) is 5.66. The fourth-order valence-corrected chi connectivity index (χ4v) is 4.26. The molecule has 3 aromatic rings. The van der Waals surface area contributed by atoms with E-state index in [1.165, 1.54) is 34.7 Å². The molecule has 0 amide bonds. The lowest BCUT2D eigenvalue weighted by Crippen LogP contribution is -2.39. The van der Waals surface area contributed by atoms with Gasteiger partial charge in [0.25, 0.3) is 0 Å². The molecule has 27 heavy (non-hydrogen) atoms. The molecule has 3 heteroatoms. The van der Waals surface area contributed by atoms with Crippen molar-refractivity contribution in [1.82, 2.24) is 4.90 Å².